The van der Waals surface area contributed by atoms with Crippen molar-refractivity contribution in [2.24, 2.45) is 0 Å². The zero-order valence-electron chi connectivity index (χ0n) is 26.1. The normalized spacial score (nSPS) is 19.1. The van der Waals surface area contributed by atoms with Crippen molar-refractivity contribution < 1.29 is 24.1 Å². The number of aromatic amines is 1. The monoisotopic (exact) mass is 649 g/mol. The topological polar surface area (TPSA) is 131 Å². The van der Waals surface area contributed by atoms with Gasteiger partial charge in [0.25, 0.3) is 5.91 Å². The number of benzene rings is 2. The molecular weight excluding hydrogens is 609 g/mol. The number of fused-ring (bicyclic) bond motifs is 1. The van der Waals surface area contributed by atoms with Crippen LogP contribution in [0.25, 0.3) is 10.9 Å². The minimum atomic E-state index is -0.864. The number of hydrogen-bond acceptors (Lipinski definition) is 9. The van der Waals surface area contributed by atoms with Crippen molar-refractivity contribution in [2.75, 3.05) is 39.3 Å². The third-order valence-electron chi connectivity index (χ3n) is 8.92. The SMILES string of the molecule is Cc1nc(C(=O)N2C[C@@H](C)OC3(CCN(Cc4cc(F)cc(CCNC[C@H](O)c5ccc(O)c6[nH]c(=O)ccc56)c4)CC3)C2)cs1. The summed E-state index contributed by atoms with van der Waals surface area (Å²) in [5, 5.41) is 27.4. The van der Waals surface area contributed by atoms with Gasteiger partial charge in [0.2, 0.25) is 5.56 Å². The second kappa shape index (κ2) is 13.6. The van der Waals surface area contributed by atoms with Crippen molar-refractivity contribution in [1.29, 1.82) is 0 Å². The van der Waals surface area contributed by atoms with Gasteiger partial charge >= 0.3 is 0 Å². The highest BCUT2D eigenvalue weighted by Crippen LogP contribution is 2.34. The number of halogens is 1. The zero-order valence-corrected chi connectivity index (χ0v) is 26.9. The Morgan fingerprint density at radius 1 is 1.22 bits per heavy atom. The number of pyridine rings is 1. The van der Waals surface area contributed by atoms with E-state index in [0.29, 0.717) is 54.8 Å². The van der Waals surface area contributed by atoms with E-state index >= 15 is 0 Å². The predicted octanol–water partition coefficient (Wildman–Crippen LogP) is 3.90. The van der Waals surface area contributed by atoms with E-state index < -0.39 is 6.10 Å². The summed E-state index contributed by atoms with van der Waals surface area (Å²) >= 11 is 1.48. The number of amides is 1. The van der Waals surface area contributed by atoms with Gasteiger partial charge in [-0.25, -0.2) is 9.37 Å². The maximum absolute atomic E-state index is 14.7. The minimum absolute atomic E-state index is 0.0380. The van der Waals surface area contributed by atoms with Crippen molar-refractivity contribution in [3.05, 3.63) is 91.4 Å². The van der Waals surface area contributed by atoms with E-state index in [1.165, 1.54) is 23.5 Å². The number of aryl methyl sites for hydroxylation is 1. The fraction of sp³-hybridized carbons (Fsp3) is 0.441. The average molecular weight is 650 g/mol. The van der Waals surface area contributed by atoms with Crippen LogP contribution in [0.1, 0.15) is 58.1 Å². The second-order valence-electron chi connectivity index (χ2n) is 12.5. The average Bonchev–Trinajstić information content (AvgIpc) is 3.46. The number of likely N-dealkylation sites (tertiary alicyclic amines) is 1. The molecule has 12 heteroatoms. The first-order chi connectivity index (χ1) is 22.1. The fourth-order valence-corrected chi connectivity index (χ4v) is 7.33. The highest BCUT2D eigenvalue weighted by molar-refractivity contribution is 7.09. The molecule has 1 spiro atoms. The summed E-state index contributed by atoms with van der Waals surface area (Å²) in [7, 11) is 0. The van der Waals surface area contributed by atoms with Gasteiger partial charge in [-0.1, -0.05) is 12.1 Å². The highest BCUT2D eigenvalue weighted by atomic mass is 32.1. The molecule has 2 aromatic heterocycles. The molecule has 10 nitrogen and oxygen atoms in total. The Hall–Kier alpha value is -3.68. The molecule has 2 aromatic carbocycles. The first-order valence-corrected chi connectivity index (χ1v) is 16.6. The molecule has 2 atom stereocenters. The molecular formula is C34H40FN5O5S. The molecule has 6 rings (SSSR count). The molecule has 2 saturated heterocycles. The molecule has 46 heavy (non-hydrogen) atoms. The maximum Gasteiger partial charge on any atom is 0.273 e. The molecule has 2 fully saturated rings. The molecule has 0 bridgehead atoms. The van der Waals surface area contributed by atoms with Gasteiger partial charge < -0.3 is 30.2 Å². The molecule has 4 N–H and O–H groups in total. The number of thiazole rings is 1. The van der Waals surface area contributed by atoms with E-state index in [2.05, 4.69) is 20.2 Å². The summed E-state index contributed by atoms with van der Waals surface area (Å²) in [6, 6.07) is 11.2. The second-order valence-corrected chi connectivity index (χ2v) is 13.6. The number of phenolic OH excluding ortho intramolecular Hbond substituents is 1. The lowest BCUT2D eigenvalue weighted by Crippen LogP contribution is -2.60. The Morgan fingerprint density at radius 3 is 2.76 bits per heavy atom. The number of piperidine rings is 1. The number of H-pyrrole nitrogens is 1. The maximum atomic E-state index is 14.7. The largest absolute Gasteiger partial charge is 0.506 e. The van der Waals surface area contributed by atoms with Gasteiger partial charge in [0, 0.05) is 49.6 Å². The lowest BCUT2D eigenvalue weighted by Gasteiger charge is -2.49. The molecule has 2 aliphatic heterocycles. The number of carbonyl (C=O) groups excluding carboxylic acids is 1. The van der Waals surface area contributed by atoms with Crippen LogP contribution in [0, 0.1) is 12.7 Å². The molecule has 0 saturated carbocycles. The van der Waals surface area contributed by atoms with Gasteiger partial charge in [-0.2, -0.15) is 0 Å². The molecule has 0 aliphatic carbocycles. The number of phenols is 1. The van der Waals surface area contributed by atoms with E-state index in [0.717, 1.165) is 42.1 Å². The quantitative estimate of drug-likeness (QED) is 0.201. The van der Waals surface area contributed by atoms with Gasteiger partial charge in [-0.05, 0) is 80.6 Å². The van der Waals surface area contributed by atoms with Crippen LogP contribution in [0.5, 0.6) is 5.75 Å². The molecule has 244 valence electrons. The number of aliphatic hydroxyl groups excluding tert-OH is 1. The van der Waals surface area contributed by atoms with Crippen molar-refractivity contribution in [1.82, 2.24) is 25.1 Å². The van der Waals surface area contributed by atoms with E-state index in [9.17, 15) is 24.2 Å². The van der Waals surface area contributed by atoms with Gasteiger partial charge in [0.1, 0.15) is 17.3 Å². The summed E-state index contributed by atoms with van der Waals surface area (Å²) in [6.07, 6.45) is 1.24. The predicted molar refractivity (Wildman–Crippen MR) is 175 cm³/mol. The van der Waals surface area contributed by atoms with Gasteiger partial charge in [0.15, 0.2) is 0 Å². The van der Waals surface area contributed by atoms with Crippen LogP contribution >= 0.6 is 11.3 Å². The summed E-state index contributed by atoms with van der Waals surface area (Å²) in [5.41, 5.74) is 2.44. The van der Waals surface area contributed by atoms with E-state index in [1.54, 1.807) is 24.3 Å². The zero-order chi connectivity index (χ0) is 32.4. The number of carbonyl (C=O) groups is 1. The number of nitrogens with zero attached hydrogens (tertiary/aromatic N) is 3. The first kappa shape index (κ1) is 32.3. The van der Waals surface area contributed by atoms with Crippen molar-refractivity contribution in [3.8, 4) is 5.75 Å². The molecule has 0 radical (unpaired) electrons. The van der Waals surface area contributed by atoms with Crippen molar-refractivity contribution in [3.63, 3.8) is 0 Å². The van der Waals surface area contributed by atoms with E-state index in [4.69, 9.17) is 4.74 Å². The van der Waals surface area contributed by atoms with E-state index in [-0.39, 0.29) is 41.3 Å². The lowest BCUT2D eigenvalue weighted by molar-refractivity contribution is -0.162. The summed E-state index contributed by atoms with van der Waals surface area (Å²) in [4.78, 5) is 36.0. The summed E-state index contributed by atoms with van der Waals surface area (Å²) < 4.78 is 21.1. The van der Waals surface area contributed by atoms with Crippen molar-refractivity contribution >= 4 is 28.1 Å². The lowest BCUT2D eigenvalue weighted by atomic mass is 9.88. The minimum Gasteiger partial charge on any atom is -0.506 e. The van der Waals surface area contributed by atoms with Crippen LogP contribution in [0.2, 0.25) is 0 Å². The van der Waals surface area contributed by atoms with Crippen LogP contribution < -0.4 is 10.9 Å². The van der Waals surface area contributed by atoms with Crippen molar-refractivity contribution in [2.45, 2.75) is 57.5 Å². The number of morpholine rings is 1. The summed E-state index contributed by atoms with van der Waals surface area (Å²) in [6.45, 7) is 8.01. The van der Waals surface area contributed by atoms with Crippen LogP contribution in [0.4, 0.5) is 4.39 Å². The third-order valence-corrected chi connectivity index (χ3v) is 9.69. The Labute approximate surface area is 270 Å². The van der Waals surface area contributed by atoms with Gasteiger partial charge in [-0.3, -0.25) is 14.5 Å². The number of aliphatic hydroxyl groups is 1. The number of ether oxygens (including phenoxy) is 1. The van der Waals surface area contributed by atoms with Crippen LogP contribution in [-0.2, 0) is 17.7 Å². The summed E-state index contributed by atoms with van der Waals surface area (Å²) in [5.74, 6) is -0.370. The van der Waals surface area contributed by atoms with Gasteiger partial charge in [0.05, 0.1) is 34.9 Å². The Bertz CT molecular complexity index is 1770. The fourth-order valence-electron chi connectivity index (χ4n) is 6.74. The van der Waals surface area contributed by atoms with Crippen LogP contribution in [0.15, 0.2) is 52.6 Å². The number of nitrogens with one attached hydrogen (secondary N) is 2. The number of rotatable bonds is 9. The molecule has 0 unspecified atom stereocenters. The third kappa shape index (κ3) is 7.31. The Morgan fingerprint density at radius 2 is 2.00 bits per heavy atom. The molecule has 4 aromatic rings. The molecule has 4 heterocycles. The van der Waals surface area contributed by atoms with Crippen LogP contribution in [0.3, 0.4) is 0 Å². The highest BCUT2D eigenvalue weighted by Gasteiger charge is 2.43. The Kier molecular flexibility index (Phi) is 9.53. The smallest absolute Gasteiger partial charge is 0.273 e. The molecule has 2 aliphatic rings. The van der Waals surface area contributed by atoms with Gasteiger partial charge in [-0.15, -0.1) is 11.3 Å². The van der Waals surface area contributed by atoms with Crippen LogP contribution in [-0.4, -0.2) is 86.9 Å². The number of hydrogen-bond donors (Lipinski definition) is 4. The number of aromatic nitrogens is 2. The standard InChI is InChI=1S/C34H40FN5O5S/c1-21-17-40(33(44)28-19-46-22(2)37-28)20-34(45-21)8-11-39(12-9-34)18-24-13-23(14-25(35)15-24)7-10-36-16-30(42)26-3-5-29(41)32-27(26)4-6-31(43)38-32/h3-6,13-15,19,21,30,36,41-42H,7-12,16-18,20H2,1-2H3,(H,38,43)/t21-,30+/m1/s1. The molecule has 1 amide bonds. The Balaban J connectivity index is 1.01. The van der Waals surface area contributed by atoms with E-state index in [1.807, 2.05) is 30.2 Å². The first-order valence-electron chi connectivity index (χ1n) is 15.7. The number of aromatic hydroxyl groups is 1.